The largest absolute Gasteiger partial charge is 0.324 e. The molecule has 5 nitrogen and oxygen atoms in total. The molecule has 0 radical (unpaired) electrons. The number of hydrogen-bond acceptors (Lipinski definition) is 4. The molecule has 2 aliphatic rings. The molecular formula is C22H22N4O. The number of amides is 1. The van der Waals surface area contributed by atoms with Gasteiger partial charge in [0.1, 0.15) is 0 Å². The number of carbonyl (C=O) groups excluding carboxylic acids is 1. The Kier molecular flexibility index (Phi) is 3.10. The fraction of sp³-hybridized carbons (Fsp3) is 0.364. The van der Waals surface area contributed by atoms with Crippen LogP contribution in [-0.2, 0) is 15.6 Å². The molecule has 2 aromatic heterocycles. The molecular weight excluding hydrogens is 336 g/mol. The molecule has 1 N–H and O–H groups in total. The van der Waals surface area contributed by atoms with Crippen molar-refractivity contribution >= 4 is 22.6 Å². The number of fused-ring (bicyclic) bond motifs is 6. The first-order valence-corrected chi connectivity index (χ1v) is 9.39. The Bertz CT molecular complexity index is 1080. The van der Waals surface area contributed by atoms with Crippen molar-refractivity contribution in [3.63, 3.8) is 0 Å². The number of hydrogen-bond donors (Lipinski definition) is 1. The lowest BCUT2D eigenvalue weighted by Gasteiger charge is -2.39. The van der Waals surface area contributed by atoms with Crippen LogP contribution in [-0.4, -0.2) is 20.9 Å². The smallest absolute Gasteiger partial charge is 0.237 e. The minimum Gasteiger partial charge on any atom is -0.324 e. The minimum absolute atomic E-state index is 0.00689. The van der Waals surface area contributed by atoms with E-state index < -0.39 is 5.41 Å². The lowest BCUT2D eigenvalue weighted by Crippen LogP contribution is -2.48. The van der Waals surface area contributed by atoms with E-state index in [-0.39, 0.29) is 16.7 Å². The van der Waals surface area contributed by atoms with Crippen LogP contribution in [0.25, 0.3) is 11.0 Å². The van der Waals surface area contributed by atoms with Crippen LogP contribution in [0.2, 0.25) is 0 Å². The van der Waals surface area contributed by atoms with Gasteiger partial charge in [-0.2, -0.15) is 0 Å². The predicted octanol–water partition coefficient (Wildman–Crippen LogP) is 3.99. The minimum atomic E-state index is -0.691. The zero-order valence-corrected chi connectivity index (χ0v) is 15.8. The molecule has 2 atom stereocenters. The van der Waals surface area contributed by atoms with E-state index in [4.69, 9.17) is 9.97 Å². The average Bonchev–Trinajstić information content (AvgIpc) is 2.97. The quantitative estimate of drug-likeness (QED) is 0.752. The summed E-state index contributed by atoms with van der Waals surface area (Å²) in [7, 11) is 0. The fourth-order valence-electron chi connectivity index (χ4n) is 5.22. The zero-order chi connectivity index (χ0) is 18.9. The number of aromatic nitrogens is 3. The molecule has 2 aliphatic carbocycles. The molecule has 1 fully saturated rings. The molecule has 2 heterocycles. The summed E-state index contributed by atoms with van der Waals surface area (Å²) in [6, 6.07) is 11.6. The molecule has 1 saturated carbocycles. The van der Waals surface area contributed by atoms with E-state index in [9.17, 15) is 4.79 Å². The van der Waals surface area contributed by atoms with Crippen molar-refractivity contribution in [3.05, 3.63) is 60.2 Å². The summed E-state index contributed by atoms with van der Waals surface area (Å²) >= 11 is 0. The summed E-state index contributed by atoms with van der Waals surface area (Å²) in [5.74, 6) is -0.00689. The first-order chi connectivity index (χ1) is 12.9. The second-order valence-corrected chi connectivity index (χ2v) is 8.47. The van der Waals surface area contributed by atoms with E-state index in [1.807, 2.05) is 36.4 Å². The Hall–Kier alpha value is -2.82. The van der Waals surface area contributed by atoms with Crippen molar-refractivity contribution in [2.45, 2.75) is 44.4 Å². The molecule has 3 aromatic rings. The number of para-hydroxylation sites is 2. The van der Waals surface area contributed by atoms with Crippen LogP contribution < -0.4 is 5.32 Å². The number of benzene rings is 1. The summed E-state index contributed by atoms with van der Waals surface area (Å²) in [6.45, 7) is 6.62. The third-order valence-corrected chi connectivity index (χ3v) is 7.25. The van der Waals surface area contributed by atoms with Crippen LogP contribution in [0.5, 0.6) is 0 Å². The molecule has 27 heavy (non-hydrogen) atoms. The Morgan fingerprint density at radius 3 is 2.33 bits per heavy atom. The van der Waals surface area contributed by atoms with Crippen molar-refractivity contribution in [1.82, 2.24) is 15.0 Å². The van der Waals surface area contributed by atoms with Gasteiger partial charge in [0.15, 0.2) is 0 Å². The van der Waals surface area contributed by atoms with E-state index in [1.54, 1.807) is 12.4 Å². The van der Waals surface area contributed by atoms with Crippen LogP contribution in [0.4, 0.5) is 5.69 Å². The summed E-state index contributed by atoms with van der Waals surface area (Å²) in [6.07, 6.45) is 5.09. The Labute approximate surface area is 158 Å². The average molecular weight is 358 g/mol. The molecule has 0 saturated heterocycles. The van der Waals surface area contributed by atoms with E-state index >= 15 is 0 Å². The third kappa shape index (κ3) is 1.84. The molecule has 0 spiro atoms. The van der Waals surface area contributed by atoms with Crippen molar-refractivity contribution < 1.29 is 4.79 Å². The van der Waals surface area contributed by atoms with Crippen molar-refractivity contribution in [3.8, 4) is 0 Å². The summed E-state index contributed by atoms with van der Waals surface area (Å²) in [5.41, 5.74) is 3.13. The highest BCUT2D eigenvalue weighted by atomic mass is 16.2. The first kappa shape index (κ1) is 16.4. The maximum Gasteiger partial charge on any atom is 0.237 e. The normalized spacial score (nSPS) is 27.5. The zero-order valence-electron chi connectivity index (χ0n) is 15.8. The van der Waals surface area contributed by atoms with Crippen LogP contribution >= 0.6 is 0 Å². The molecule has 0 aliphatic heterocycles. The van der Waals surface area contributed by atoms with Crippen LogP contribution in [0.1, 0.15) is 45.0 Å². The number of anilines is 1. The van der Waals surface area contributed by atoms with Crippen molar-refractivity contribution in [1.29, 1.82) is 0 Å². The van der Waals surface area contributed by atoms with Gasteiger partial charge in [-0.25, -0.2) is 9.97 Å². The Morgan fingerprint density at radius 2 is 1.67 bits per heavy atom. The molecule has 2 bridgehead atoms. The monoisotopic (exact) mass is 358 g/mol. The Morgan fingerprint density at radius 1 is 0.963 bits per heavy atom. The summed E-state index contributed by atoms with van der Waals surface area (Å²) in [5, 5.41) is 3.09. The summed E-state index contributed by atoms with van der Waals surface area (Å²) in [4.78, 5) is 27.7. The van der Waals surface area contributed by atoms with Crippen molar-refractivity contribution in [2.75, 3.05) is 5.32 Å². The highest BCUT2D eigenvalue weighted by molar-refractivity contribution is 6.01. The van der Waals surface area contributed by atoms with Gasteiger partial charge in [0.2, 0.25) is 5.91 Å². The van der Waals surface area contributed by atoms with Gasteiger partial charge in [0, 0.05) is 11.6 Å². The van der Waals surface area contributed by atoms with E-state index in [1.165, 1.54) is 0 Å². The van der Waals surface area contributed by atoms with Gasteiger partial charge < -0.3 is 5.32 Å². The van der Waals surface area contributed by atoms with Gasteiger partial charge in [-0.15, -0.1) is 0 Å². The number of rotatable bonds is 2. The second kappa shape index (κ2) is 5.12. The van der Waals surface area contributed by atoms with Crippen molar-refractivity contribution in [2.24, 2.45) is 5.41 Å². The molecule has 1 aromatic carbocycles. The third-order valence-electron chi connectivity index (χ3n) is 7.25. The number of nitrogens with zero attached hydrogens (tertiary/aromatic N) is 3. The van der Waals surface area contributed by atoms with E-state index in [0.29, 0.717) is 5.69 Å². The van der Waals surface area contributed by atoms with Gasteiger partial charge in [-0.1, -0.05) is 32.9 Å². The first-order valence-electron chi connectivity index (χ1n) is 9.39. The van der Waals surface area contributed by atoms with Gasteiger partial charge in [-0.3, -0.25) is 9.78 Å². The van der Waals surface area contributed by atoms with E-state index in [2.05, 4.69) is 31.1 Å². The van der Waals surface area contributed by atoms with Gasteiger partial charge in [0.05, 0.1) is 39.7 Å². The topological polar surface area (TPSA) is 67.8 Å². The number of pyridine rings is 1. The fourth-order valence-corrected chi connectivity index (χ4v) is 5.22. The van der Waals surface area contributed by atoms with Gasteiger partial charge in [0.25, 0.3) is 0 Å². The van der Waals surface area contributed by atoms with Crippen LogP contribution in [0.15, 0.2) is 48.8 Å². The highest BCUT2D eigenvalue weighted by Gasteiger charge is 2.73. The number of nitrogens with one attached hydrogen (secondary N) is 1. The SMILES string of the molecule is CC12CCC(C(=O)Nc3cccnc3)(c3nc4ccccc4nc31)C2(C)C. The Balaban J connectivity index is 1.72. The molecule has 5 rings (SSSR count). The molecule has 1 amide bonds. The highest BCUT2D eigenvalue weighted by Crippen LogP contribution is 2.70. The van der Waals surface area contributed by atoms with Gasteiger partial charge in [-0.05, 0) is 42.5 Å². The molecule has 136 valence electrons. The number of carbonyl (C=O) groups is 1. The predicted molar refractivity (Wildman–Crippen MR) is 104 cm³/mol. The maximum absolute atomic E-state index is 13.6. The standard InChI is InChI=1S/C22H22N4O/c1-20(2)21(3)10-11-22(20,19(27)24-14-7-6-12-23-13-14)18-17(21)25-15-8-4-5-9-16(15)26-18/h4-9,12-13H,10-11H2,1-3H3,(H,24,27). The lowest BCUT2D eigenvalue weighted by molar-refractivity contribution is -0.125. The second-order valence-electron chi connectivity index (χ2n) is 8.47. The molecule has 5 heteroatoms. The van der Waals surface area contributed by atoms with Crippen LogP contribution in [0.3, 0.4) is 0 Å². The summed E-state index contributed by atoms with van der Waals surface area (Å²) < 4.78 is 0. The molecule has 2 unspecified atom stereocenters. The van der Waals surface area contributed by atoms with E-state index in [0.717, 1.165) is 35.3 Å². The maximum atomic E-state index is 13.6. The lowest BCUT2D eigenvalue weighted by atomic mass is 9.63. The van der Waals surface area contributed by atoms with Crippen LogP contribution in [0, 0.1) is 5.41 Å². The van der Waals surface area contributed by atoms with Gasteiger partial charge >= 0.3 is 0 Å².